The lowest BCUT2D eigenvalue weighted by Gasteiger charge is -2.15. The summed E-state index contributed by atoms with van der Waals surface area (Å²) in [7, 11) is 1.63. The Hall–Kier alpha value is -3.35. The molecular formula is C18H19N5O2. The van der Waals surface area contributed by atoms with Gasteiger partial charge in [0.2, 0.25) is 0 Å². The van der Waals surface area contributed by atoms with E-state index in [1.165, 1.54) is 4.57 Å². The van der Waals surface area contributed by atoms with Crippen molar-refractivity contribution >= 4 is 11.7 Å². The Bertz CT molecular complexity index is 913. The number of nitrogens with one attached hydrogen (secondary N) is 2. The SMILES string of the molecule is C[C@H](NC(=O)Nc1cccn(C)c1=O)c1ccc(-n2cccn2)cc1. The maximum Gasteiger partial charge on any atom is 0.319 e. The Labute approximate surface area is 144 Å². The fraction of sp³-hybridized carbons (Fsp3) is 0.167. The maximum absolute atomic E-state index is 12.1. The number of anilines is 1. The van der Waals surface area contributed by atoms with Crippen LogP contribution in [0.3, 0.4) is 0 Å². The van der Waals surface area contributed by atoms with Gasteiger partial charge in [-0.1, -0.05) is 12.1 Å². The monoisotopic (exact) mass is 337 g/mol. The van der Waals surface area contributed by atoms with Crippen LogP contribution in [-0.2, 0) is 7.05 Å². The van der Waals surface area contributed by atoms with Gasteiger partial charge in [0.25, 0.3) is 5.56 Å². The number of aromatic nitrogens is 3. The molecular weight excluding hydrogens is 318 g/mol. The Balaban J connectivity index is 1.65. The number of carbonyl (C=O) groups is 1. The van der Waals surface area contributed by atoms with Gasteiger partial charge in [0.1, 0.15) is 5.69 Å². The highest BCUT2D eigenvalue weighted by Crippen LogP contribution is 2.15. The predicted molar refractivity (Wildman–Crippen MR) is 95.8 cm³/mol. The third-order valence-corrected chi connectivity index (χ3v) is 3.88. The van der Waals surface area contributed by atoms with Crippen LogP contribution >= 0.6 is 0 Å². The van der Waals surface area contributed by atoms with Gasteiger partial charge in [0, 0.05) is 25.6 Å². The summed E-state index contributed by atoms with van der Waals surface area (Å²) in [4.78, 5) is 24.1. The third kappa shape index (κ3) is 3.77. The molecule has 0 aliphatic carbocycles. The van der Waals surface area contributed by atoms with E-state index in [-0.39, 0.29) is 17.3 Å². The summed E-state index contributed by atoms with van der Waals surface area (Å²) in [6.07, 6.45) is 5.22. The molecule has 0 bridgehead atoms. The Morgan fingerprint density at radius 3 is 2.56 bits per heavy atom. The van der Waals surface area contributed by atoms with Gasteiger partial charge >= 0.3 is 6.03 Å². The number of hydrogen-bond acceptors (Lipinski definition) is 3. The molecule has 7 nitrogen and oxygen atoms in total. The summed E-state index contributed by atoms with van der Waals surface area (Å²) in [6.45, 7) is 1.88. The molecule has 2 aromatic heterocycles. The van der Waals surface area contributed by atoms with Gasteiger partial charge in [0.05, 0.1) is 11.7 Å². The minimum atomic E-state index is -0.424. The molecule has 2 N–H and O–H groups in total. The first-order chi connectivity index (χ1) is 12.0. The number of hydrogen-bond donors (Lipinski definition) is 2. The van der Waals surface area contributed by atoms with E-state index in [1.54, 1.807) is 36.3 Å². The number of urea groups is 1. The van der Waals surface area contributed by atoms with Crippen molar-refractivity contribution in [2.45, 2.75) is 13.0 Å². The molecule has 2 heterocycles. The summed E-state index contributed by atoms with van der Waals surface area (Å²) >= 11 is 0. The molecule has 25 heavy (non-hydrogen) atoms. The second-order valence-corrected chi connectivity index (χ2v) is 5.70. The van der Waals surface area contributed by atoms with Crippen LogP contribution in [0, 0.1) is 0 Å². The molecule has 0 unspecified atom stereocenters. The van der Waals surface area contributed by atoms with E-state index < -0.39 is 6.03 Å². The molecule has 0 saturated carbocycles. The molecule has 0 aliphatic heterocycles. The van der Waals surface area contributed by atoms with Crippen molar-refractivity contribution < 1.29 is 4.79 Å². The number of pyridine rings is 1. The number of carbonyl (C=O) groups excluding carboxylic acids is 1. The van der Waals surface area contributed by atoms with Crippen LogP contribution in [0.15, 0.2) is 65.8 Å². The minimum Gasteiger partial charge on any atom is -0.331 e. The van der Waals surface area contributed by atoms with Gasteiger partial charge in [-0.25, -0.2) is 9.48 Å². The van der Waals surface area contributed by atoms with E-state index in [1.807, 2.05) is 43.5 Å². The zero-order valence-corrected chi connectivity index (χ0v) is 14.0. The second-order valence-electron chi connectivity index (χ2n) is 5.70. The zero-order chi connectivity index (χ0) is 17.8. The number of aryl methyl sites for hydroxylation is 1. The standard InChI is InChI=1S/C18H19N5O2/c1-13(14-6-8-15(9-7-14)23-12-4-10-19-23)20-18(25)21-16-5-3-11-22(2)17(16)24/h3-13H,1-2H3,(H2,20,21,25)/t13-/m0/s1. The van der Waals surface area contributed by atoms with E-state index >= 15 is 0 Å². The average molecular weight is 337 g/mol. The first-order valence-corrected chi connectivity index (χ1v) is 7.88. The van der Waals surface area contributed by atoms with Crippen molar-refractivity contribution in [1.29, 1.82) is 0 Å². The van der Waals surface area contributed by atoms with E-state index in [4.69, 9.17) is 0 Å². The van der Waals surface area contributed by atoms with Crippen molar-refractivity contribution in [3.63, 3.8) is 0 Å². The van der Waals surface area contributed by atoms with Crippen LogP contribution in [0.4, 0.5) is 10.5 Å². The van der Waals surface area contributed by atoms with Crippen molar-refractivity contribution in [1.82, 2.24) is 19.7 Å². The van der Waals surface area contributed by atoms with Crippen molar-refractivity contribution in [3.05, 3.63) is 77.0 Å². The van der Waals surface area contributed by atoms with Gasteiger partial charge in [-0.05, 0) is 42.8 Å². The molecule has 0 radical (unpaired) electrons. The highest BCUT2D eigenvalue weighted by Gasteiger charge is 2.11. The smallest absolute Gasteiger partial charge is 0.319 e. The molecule has 1 aromatic carbocycles. The van der Waals surface area contributed by atoms with Gasteiger partial charge < -0.3 is 15.2 Å². The third-order valence-electron chi connectivity index (χ3n) is 3.88. The van der Waals surface area contributed by atoms with E-state index in [9.17, 15) is 9.59 Å². The fourth-order valence-corrected chi connectivity index (χ4v) is 2.47. The maximum atomic E-state index is 12.1. The minimum absolute atomic E-state index is 0.209. The molecule has 128 valence electrons. The molecule has 0 spiro atoms. The van der Waals surface area contributed by atoms with Crippen LogP contribution in [0.25, 0.3) is 5.69 Å². The lowest BCUT2D eigenvalue weighted by atomic mass is 10.1. The van der Waals surface area contributed by atoms with E-state index in [2.05, 4.69) is 15.7 Å². The normalized spacial score (nSPS) is 11.8. The quantitative estimate of drug-likeness (QED) is 0.767. The summed E-state index contributed by atoms with van der Waals surface area (Å²) in [5.41, 5.74) is 1.88. The number of nitrogens with zero attached hydrogens (tertiary/aromatic N) is 3. The molecule has 7 heteroatoms. The second kappa shape index (κ2) is 7.04. The topological polar surface area (TPSA) is 81.0 Å². The summed E-state index contributed by atoms with van der Waals surface area (Å²) in [5.74, 6) is 0. The van der Waals surface area contributed by atoms with Crippen molar-refractivity contribution in [3.8, 4) is 5.69 Å². The Kier molecular flexibility index (Phi) is 4.65. The zero-order valence-electron chi connectivity index (χ0n) is 14.0. The molecule has 1 atom stereocenters. The molecule has 2 amide bonds. The first kappa shape index (κ1) is 16.5. The summed E-state index contributed by atoms with van der Waals surface area (Å²) in [6, 6.07) is 12.2. The van der Waals surface area contributed by atoms with Gasteiger partial charge in [-0.3, -0.25) is 4.79 Å². The highest BCUT2D eigenvalue weighted by molar-refractivity contribution is 5.89. The summed E-state index contributed by atoms with van der Waals surface area (Å²) in [5, 5.41) is 9.59. The van der Waals surface area contributed by atoms with Gasteiger partial charge in [0.15, 0.2) is 0 Å². The average Bonchev–Trinajstić information content (AvgIpc) is 3.13. The van der Waals surface area contributed by atoms with Crippen LogP contribution in [-0.4, -0.2) is 20.4 Å². The van der Waals surface area contributed by atoms with Crippen LogP contribution < -0.4 is 16.2 Å². The lowest BCUT2D eigenvalue weighted by molar-refractivity contribution is 0.249. The number of benzene rings is 1. The van der Waals surface area contributed by atoms with Gasteiger partial charge in [-0.15, -0.1) is 0 Å². The number of amides is 2. The Morgan fingerprint density at radius 2 is 1.88 bits per heavy atom. The summed E-state index contributed by atoms with van der Waals surface area (Å²) < 4.78 is 3.17. The van der Waals surface area contributed by atoms with Crippen molar-refractivity contribution in [2.75, 3.05) is 5.32 Å². The van der Waals surface area contributed by atoms with Crippen LogP contribution in [0.5, 0.6) is 0 Å². The number of rotatable bonds is 4. The van der Waals surface area contributed by atoms with E-state index in [0.717, 1.165) is 11.3 Å². The molecule has 3 rings (SSSR count). The molecule has 0 saturated heterocycles. The van der Waals surface area contributed by atoms with Crippen molar-refractivity contribution in [2.24, 2.45) is 7.05 Å². The Morgan fingerprint density at radius 1 is 1.12 bits per heavy atom. The fourth-order valence-electron chi connectivity index (χ4n) is 2.47. The predicted octanol–water partition coefficient (Wildman–Crippen LogP) is 2.45. The van der Waals surface area contributed by atoms with Crippen LogP contribution in [0.1, 0.15) is 18.5 Å². The van der Waals surface area contributed by atoms with E-state index in [0.29, 0.717) is 0 Å². The first-order valence-electron chi connectivity index (χ1n) is 7.88. The highest BCUT2D eigenvalue weighted by atomic mass is 16.2. The van der Waals surface area contributed by atoms with Crippen LogP contribution in [0.2, 0.25) is 0 Å². The van der Waals surface area contributed by atoms with Gasteiger partial charge in [-0.2, -0.15) is 5.10 Å². The molecule has 0 aliphatic rings. The largest absolute Gasteiger partial charge is 0.331 e. The molecule has 3 aromatic rings. The molecule has 0 fully saturated rings. The lowest BCUT2D eigenvalue weighted by Crippen LogP contribution is -2.33.